The molecule has 0 fully saturated rings. The minimum Gasteiger partial charge on any atom is -0.363 e. The van der Waals surface area contributed by atoms with Crippen molar-refractivity contribution in [1.29, 1.82) is 10.5 Å². The molecule has 0 radical (unpaired) electrons. The second-order valence-electron chi connectivity index (χ2n) is 5.73. The first-order valence-electron chi connectivity index (χ1n) is 7.70. The van der Waals surface area contributed by atoms with E-state index in [4.69, 9.17) is 5.26 Å². The number of nitrogens with one attached hydrogen (secondary N) is 1. The van der Waals surface area contributed by atoms with Gasteiger partial charge in [0.1, 0.15) is 11.9 Å². The Morgan fingerprint density at radius 3 is 2.72 bits per heavy atom. The van der Waals surface area contributed by atoms with Crippen molar-refractivity contribution >= 4 is 16.7 Å². The molecular weight excluding hydrogens is 314 g/mol. The van der Waals surface area contributed by atoms with Crippen LogP contribution in [0.3, 0.4) is 0 Å². The summed E-state index contributed by atoms with van der Waals surface area (Å²) in [6, 6.07) is 14.6. The van der Waals surface area contributed by atoms with Crippen LogP contribution in [0.4, 0.5) is 5.82 Å². The lowest BCUT2D eigenvalue weighted by Crippen LogP contribution is -2.17. The average Bonchev–Trinajstić information content (AvgIpc) is 2.64. The Hall–Kier alpha value is -3.64. The quantitative estimate of drug-likeness (QED) is 0.797. The predicted molar refractivity (Wildman–Crippen MR) is 94.9 cm³/mol. The standard InChI is InChI=1S/C19H15N5O/c1-12(14-5-3-4-13(8-14)9-20)23-19-16-6-7-17(25)24(2)18(16)15(10-21)11-22-19/h3-8,11-12H,1-2H3,(H,22,23)/t12-/m1/s1. The summed E-state index contributed by atoms with van der Waals surface area (Å²) in [6.07, 6.45) is 1.46. The molecule has 3 aromatic rings. The van der Waals surface area contributed by atoms with Gasteiger partial charge in [-0.3, -0.25) is 4.79 Å². The number of anilines is 1. The normalized spacial score (nSPS) is 11.5. The first kappa shape index (κ1) is 16.2. The van der Waals surface area contributed by atoms with Crippen LogP contribution in [-0.4, -0.2) is 9.55 Å². The van der Waals surface area contributed by atoms with Gasteiger partial charge < -0.3 is 9.88 Å². The lowest BCUT2D eigenvalue weighted by atomic mass is 10.1. The van der Waals surface area contributed by atoms with E-state index in [9.17, 15) is 10.1 Å². The van der Waals surface area contributed by atoms with E-state index in [0.29, 0.717) is 27.8 Å². The van der Waals surface area contributed by atoms with Crippen molar-refractivity contribution < 1.29 is 0 Å². The van der Waals surface area contributed by atoms with Gasteiger partial charge in [-0.25, -0.2) is 4.98 Å². The molecule has 1 N–H and O–H groups in total. The smallest absolute Gasteiger partial charge is 0.250 e. The lowest BCUT2D eigenvalue weighted by molar-refractivity contribution is 0.872. The van der Waals surface area contributed by atoms with Crippen molar-refractivity contribution in [2.24, 2.45) is 7.05 Å². The zero-order valence-corrected chi connectivity index (χ0v) is 13.8. The molecule has 1 atom stereocenters. The highest BCUT2D eigenvalue weighted by atomic mass is 16.1. The largest absolute Gasteiger partial charge is 0.363 e. The molecule has 1 aromatic carbocycles. The van der Waals surface area contributed by atoms with Crippen LogP contribution in [0.1, 0.15) is 29.7 Å². The number of aryl methyl sites for hydroxylation is 1. The second-order valence-corrected chi connectivity index (χ2v) is 5.73. The molecule has 0 amide bonds. The number of rotatable bonds is 3. The molecule has 0 bridgehead atoms. The van der Waals surface area contributed by atoms with Gasteiger partial charge in [0.25, 0.3) is 5.56 Å². The van der Waals surface area contributed by atoms with Crippen LogP contribution < -0.4 is 10.9 Å². The summed E-state index contributed by atoms with van der Waals surface area (Å²) in [5, 5.41) is 22.4. The van der Waals surface area contributed by atoms with E-state index in [2.05, 4.69) is 22.4 Å². The number of hydrogen-bond acceptors (Lipinski definition) is 5. The molecule has 6 nitrogen and oxygen atoms in total. The van der Waals surface area contributed by atoms with Crippen LogP contribution in [0, 0.1) is 22.7 Å². The van der Waals surface area contributed by atoms with E-state index in [0.717, 1.165) is 5.56 Å². The third kappa shape index (κ3) is 2.93. The highest BCUT2D eigenvalue weighted by Gasteiger charge is 2.14. The minimum absolute atomic E-state index is 0.103. The molecular formula is C19H15N5O. The van der Waals surface area contributed by atoms with E-state index in [1.54, 1.807) is 19.2 Å². The Morgan fingerprint density at radius 1 is 1.20 bits per heavy atom. The van der Waals surface area contributed by atoms with Crippen molar-refractivity contribution in [1.82, 2.24) is 9.55 Å². The van der Waals surface area contributed by atoms with Gasteiger partial charge in [-0.1, -0.05) is 12.1 Å². The molecule has 122 valence electrons. The first-order valence-corrected chi connectivity index (χ1v) is 7.70. The molecule has 2 heterocycles. The Morgan fingerprint density at radius 2 is 2.00 bits per heavy atom. The zero-order chi connectivity index (χ0) is 18.0. The topological polar surface area (TPSA) is 94.5 Å². The van der Waals surface area contributed by atoms with E-state index in [-0.39, 0.29) is 11.6 Å². The minimum atomic E-state index is -0.184. The van der Waals surface area contributed by atoms with Gasteiger partial charge in [-0.15, -0.1) is 0 Å². The van der Waals surface area contributed by atoms with Crippen molar-refractivity contribution in [2.45, 2.75) is 13.0 Å². The maximum Gasteiger partial charge on any atom is 0.250 e. The number of pyridine rings is 2. The van der Waals surface area contributed by atoms with E-state index < -0.39 is 0 Å². The van der Waals surface area contributed by atoms with Crippen LogP contribution in [0.2, 0.25) is 0 Å². The molecule has 0 saturated heterocycles. The molecule has 0 aliphatic rings. The molecule has 2 aromatic heterocycles. The van der Waals surface area contributed by atoms with Crippen molar-refractivity contribution in [2.75, 3.05) is 5.32 Å². The van der Waals surface area contributed by atoms with Crippen molar-refractivity contribution in [3.05, 3.63) is 69.6 Å². The molecule has 6 heteroatoms. The van der Waals surface area contributed by atoms with Gasteiger partial charge in [0.05, 0.1) is 28.8 Å². The van der Waals surface area contributed by atoms with Crippen LogP contribution in [-0.2, 0) is 7.05 Å². The highest BCUT2D eigenvalue weighted by molar-refractivity contribution is 5.93. The third-order valence-electron chi connectivity index (χ3n) is 4.14. The number of nitriles is 2. The Labute approximate surface area is 144 Å². The summed E-state index contributed by atoms with van der Waals surface area (Å²) in [7, 11) is 1.63. The van der Waals surface area contributed by atoms with Crippen molar-refractivity contribution in [3.8, 4) is 12.1 Å². The van der Waals surface area contributed by atoms with Gasteiger partial charge >= 0.3 is 0 Å². The second kappa shape index (κ2) is 6.46. The van der Waals surface area contributed by atoms with Crippen LogP contribution in [0.25, 0.3) is 10.9 Å². The Balaban J connectivity index is 2.08. The first-order chi connectivity index (χ1) is 12.0. The third-order valence-corrected chi connectivity index (χ3v) is 4.14. The molecule has 0 aliphatic heterocycles. The molecule has 0 aliphatic carbocycles. The SMILES string of the molecule is C[C@@H](Nc1ncc(C#N)c2c1ccc(=O)n2C)c1cccc(C#N)c1. The van der Waals surface area contributed by atoms with Gasteiger partial charge in [0.15, 0.2) is 0 Å². The molecule has 3 rings (SSSR count). The summed E-state index contributed by atoms with van der Waals surface area (Å²) in [5.41, 5.74) is 2.25. The molecule has 25 heavy (non-hydrogen) atoms. The fraction of sp³-hybridized carbons (Fsp3) is 0.158. The number of hydrogen-bond donors (Lipinski definition) is 1. The Kier molecular flexibility index (Phi) is 4.20. The zero-order valence-electron chi connectivity index (χ0n) is 13.8. The van der Waals surface area contributed by atoms with Crippen LogP contribution in [0.5, 0.6) is 0 Å². The summed E-state index contributed by atoms with van der Waals surface area (Å²) < 4.78 is 1.45. The van der Waals surface area contributed by atoms with Gasteiger partial charge in [0.2, 0.25) is 0 Å². The number of aromatic nitrogens is 2. The molecule has 0 unspecified atom stereocenters. The number of benzene rings is 1. The number of nitrogens with zero attached hydrogens (tertiary/aromatic N) is 4. The summed E-state index contributed by atoms with van der Waals surface area (Å²) in [6.45, 7) is 1.96. The highest BCUT2D eigenvalue weighted by Crippen LogP contribution is 2.26. The molecule has 0 saturated carbocycles. The van der Waals surface area contributed by atoms with Crippen molar-refractivity contribution in [3.63, 3.8) is 0 Å². The van der Waals surface area contributed by atoms with Crippen LogP contribution >= 0.6 is 0 Å². The maximum absolute atomic E-state index is 11.9. The van der Waals surface area contributed by atoms with Gasteiger partial charge in [-0.05, 0) is 30.7 Å². The van der Waals surface area contributed by atoms with Crippen LogP contribution in [0.15, 0.2) is 47.4 Å². The van der Waals surface area contributed by atoms with Gasteiger partial charge in [-0.2, -0.15) is 10.5 Å². The number of fused-ring (bicyclic) bond motifs is 1. The van der Waals surface area contributed by atoms with Gasteiger partial charge in [0, 0.05) is 24.7 Å². The van der Waals surface area contributed by atoms with E-state index in [1.165, 1.54) is 16.8 Å². The summed E-state index contributed by atoms with van der Waals surface area (Å²) >= 11 is 0. The average molecular weight is 329 g/mol. The summed E-state index contributed by atoms with van der Waals surface area (Å²) in [5.74, 6) is 0.583. The van der Waals surface area contributed by atoms with E-state index in [1.807, 2.05) is 25.1 Å². The fourth-order valence-electron chi connectivity index (χ4n) is 2.78. The Bertz CT molecular complexity index is 1100. The lowest BCUT2D eigenvalue weighted by Gasteiger charge is -2.17. The molecule has 0 spiro atoms. The van der Waals surface area contributed by atoms with E-state index >= 15 is 0 Å². The maximum atomic E-state index is 11.9. The predicted octanol–water partition coefficient (Wildman–Crippen LogP) is 2.85. The fourth-order valence-corrected chi connectivity index (χ4v) is 2.78. The summed E-state index contributed by atoms with van der Waals surface area (Å²) in [4.78, 5) is 16.3. The monoisotopic (exact) mass is 329 g/mol.